The van der Waals surface area contributed by atoms with Crippen LogP contribution in [0.1, 0.15) is 17.0 Å². The largest absolute Gasteiger partial charge is 0.330 e. The molecule has 0 heterocycles. The van der Waals surface area contributed by atoms with Gasteiger partial charge >= 0.3 is 0 Å². The molecule has 0 spiro atoms. The molecule has 2 aromatic carbocycles. The van der Waals surface area contributed by atoms with E-state index < -0.39 is 32.2 Å². The summed E-state index contributed by atoms with van der Waals surface area (Å²) in [6, 6.07) is 12.7. The zero-order chi connectivity index (χ0) is 17.5. The Labute approximate surface area is 141 Å². The van der Waals surface area contributed by atoms with Gasteiger partial charge in [0, 0.05) is 24.4 Å². The van der Waals surface area contributed by atoms with Crippen LogP contribution in [0.3, 0.4) is 0 Å². The van der Waals surface area contributed by atoms with Gasteiger partial charge in [0.15, 0.2) is 9.84 Å². The van der Waals surface area contributed by atoms with Crippen molar-refractivity contribution in [2.45, 2.75) is 23.0 Å². The van der Waals surface area contributed by atoms with E-state index in [1.165, 1.54) is 12.1 Å². The summed E-state index contributed by atoms with van der Waals surface area (Å²) >= 11 is 0. The maximum absolute atomic E-state index is 13.6. The molecule has 1 aliphatic rings. The van der Waals surface area contributed by atoms with Crippen molar-refractivity contribution in [2.75, 3.05) is 13.1 Å². The number of benzene rings is 2. The molecule has 0 saturated heterocycles. The summed E-state index contributed by atoms with van der Waals surface area (Å²) in [5.74, 6) is -0.789. The Kier molecular flexibility index (Phi) is 4.23. The van der Waals surface area contributed by atoms with Gasteiger partial charge in [-0.25, -0.2) is 12.8 Å². The van der Waals surface area contributed by atoms with Crippen LogP contribution in [-0.2, 0) is 9.84 Å². The molecule has 1 fully saturated rings. The monoisotopic (exact) mass is 348 g/mol. The Morgan fingerprint density at radius 2 is 1.71 bits per heavy atom. The lowest BCUT2D eigenvalue weighted by Gasteiger charge is -2.13. The van der Waals surface area contributed by atoms with Crippen molar-refractivity contribution in [2.24, 2.45) is 16.9 Å². The van der Waals surface area contributed by atoms with Crippen molar-refractivity contribution in [3.63, 3.8) is 0 Å². The molecule has 6 heteroatoms. The molecule has 128 valence electrons. The average Bonchev–Trinajstić information content (AvgIpc) is 3.26. The summed E-state index contributed by atoms with van der Waals surface area (Å²) in [6.45, 7) is 2.17. The van der Waals surface area contributed by atoms with Crippen molar-refractivity contribution >= 4 is 9.84 Å². The van der Waals surface area contributed by atoms with Crippen LogP contribution in [0, 0.1) is 18.2 Å². The van der Waals surface area contributed by atoms with Gasteiger partial charge in [-0.15, -0.1) is 0 Å². The minimum Gasteiger partial charge on any atom is -0.330 e. The van der Waals surface area contributed by atoms with Crippen LogP contribution in [0.5, 0.6) is 0 Å². The quantitative estimate of drug-likeness (QED) is 0.865. The number of hydrogen-bond acceptors (Lipinski definition) is 4. The van der Waals surface area contributed by atoms with E-state index in [0.717, 1.165) is 5.56 Å². The topological polar surface area (TPSA) is 86.2 Å². The van der Waals surface area contributed by atoms with Gasteiger partial charge in [-0.2, -0.15) is 0 Å². The van der Waals surface area contributed by atoms with Gasteiger partial charge in [-0.05, 0) is 36.8 Å². The van der Waals surface area contributed by atoms with Crippen LogP contribution in [0.2, 0.25) is 0 Å². The van der Waals surface area contributed by atoms with Gasteiger partial charge in [-0.3, -0.25) is 0 Å². The molecule has 24 heavy (non-hydrogen) atoms. The first kappa shape index (κ1) is 17.1. The zero-order valence-electron chi connectivity index (χ0n) is 13.4. The SMILES string of the molecule is Cc1ccc(S(=O)(=O)[C@H]2[C@@H](c3cccc(F)c3)C2(CN)CN)cc1. The van der Waals surface area contributed by atoms with Crippen molar-refractivity contribution in [3.05, 3.63) is 65.5 Å². The van der Waals surface area contributed by atoms with Crippen molar-refractivity contribution in [3.8, 4) is 0 Å². The average molecular weight is 348 g/mol. The predicted octanol–water partition coefficient (Wildman–Crippen LogP) is 1.98. The molecule has 4 nitrogen and oxygen atoms in total. The van der Waals surface area contributed by atoms with Crippen LogP contribution < -0.4 is 11.5 Å². The van der Waals surface area contributed by atoms with Crippen molar-refractivity contribution < 1.29 is 12.8 Å². The molecule has 0 bridgehead atoms. The Hall–Kier alpha value is -1.76. The lowest BCUT2D eigenvalue weighted by molar-refractivity contribution is 0.509. The van der Waals surface area contributed by atoms with E-state index in [2.05, 4.69) is 0 Å². The fourth-order valence-electron chi connectivity index (χ4n) is 3.59. The Bertz CT molecular complexity index is 846. The lowest BCUT2D eigenvalue weighted by atomic mass is 9.99. The first-order valence-corrected chi connectivity index (χ1v) is 9.37. The van der Waals surface area contributed by atoms with Gasteiger partial charge in [0.2, 0.25) is 0 Å². The summed E-state index contributed by atoms with van der Waals surface area (Å²) in [6.07, 6.45) is 0. The summed E-state index contributed by atoms with van der Waals surface area (Å²) in [7, 11) is -3.61. The summed E-state index contributed by atoms with van der Waals surface area (Å²) in [4.78, 5) is 0.253. The molecule has 1 saturated carbocycles. The fraction of sp³-hybridized carbons (Fsp3) is 0.333. The molecule has 0 amide bonds. The molecule has 0 unspecified atom stereocenters. The smallest absolute Gasteiger partial charge is 0.182 e. The number of rotatable bonds is 5. The van der Waals surface area contributed by atoms with Gasteiger partial charge in [0.1, 0.15) is 5.82 Å². The minimum absolute atomic E-state index is 0.139. The highest BCUT2D eigenvalue weighted by atomic mass is 32.2. The molecule has 0 radical (unpaired) electrons. The van der Waals surface area contributed by atoms with E-state index in [1.54, 1.807) is 36.4 Å². The van der Waals surface area contributed by atoms with Crippen LogP contribution in [0.25, 0.3) is 0 Å². The molecule has 1 aliphatic carbocycles. The van der Waals surface area contributed by atoms with E-state index in [0.29, 0.717) is 5.56 Å². The van der Waals surface area contributed by atoms with Gasteiger partial charge in [-0.1, -0.05) is 29.8 Å². The first-order valence-electron chi connectivity index (χ1n) is 7.83. The minimum atomic E-state index is -3.61. The lowest BCUT2D eigenvalue weighted by Crippen LogP contribution is -2.31. The molecule has 0 aliphatic heterocycles. The highest BCUT2D eigenvalue weighted by molar-refractivity contribution is 7.92. The zero-order valence-corrected chi connectivity index (χ0v) is 14.3. The number of sulfone groups is 1. The second-order valence-electron chi connectivity index (χ2n) is 6.45. The van der Waals surface area contributed by atoms with E-state index in [1.807, 2.05) is 6.92 Å². The molecule has 3 rings (SSSR count). The highest BCUT2D eigenvalue weighted by Crippen LogP contribution is 2.62. The normalized spacial score (nSPS) is 22.3. The maximum Gasteiger partial charge on any atom is 0.182 e. The summed E-state index contributed by atoms with van der Waals surface area (Å²) in [5, 5.41) is -0.732. The number of hydrogen-bond donors (Lipinski definition) is 2. The van der Waals surface area contributed by atoms with E-state index >= 15 is 0 Å². The maximum atomic E-state index is 13.6. The summed E-state index contributed by atoms with van der Waals surface area (Å²) < 4.78 is 39.8. The Balaban J connectivity index is 2.06. The molecule has 0 aromatic heterocycles. The second kappa shape index (κ2) is 5.95. The van der Waals surface area contributed by atoms with E-state index in [4.69, 9.17) is 11.5 Å². The van der Waals surface area contributed by atoms with E-state index in [9.17, 15) is 12.8 Å². The summed E-state index contributed by atoms with van der Waals surface area (Å²) in [5.41, 5.74) is 12.7. The number of nitrogens with two attached hydrogens (primary N) is 2. The number of halogens is 1. The third-order valence-electron chi connectivity index (χ3n) is 5.03. The second-order valence-corrected chi connectivity index (χ2v) is 8.52. The van der Waals surface area contributed by atoms with Crippen LogP contribution in [-0.4, -0.2) is 26.8 Å². The standard InChI is InChI=1S/C18H21FN2O2S/c1-12-5-7-15(8-6-12)24(22,23)17-16(18(17,10-20)11-21)13-3-2-4-14(19)9-13/h2-9,16-17H,10-11,20-21H2,1H3/t16-,17+/m1/s1. The molecule has 4 N–H and O–H groups in total. The number of aryl methyl sites for hydroxylation is 1. The molecular formula is C18H21FN2O2S. The third kappa shape index (κ3) is 2.55. The van der Waals surface area contributed by atoms with E-state index in [-0.39, 0.29) is 18.0 Å². The van der Waals surface area contributed by atoms with Crippen LogP contribution >= 0.6 is 0 Å². The van der Waals surface area contributed by atoms with Crippen molar-refractivity contribution in [1.82, 2.24) is 0 Å². The van der Waals surface area contributed by atoms with Gasteiger partial charge in [0.25, 0.3) is 0 Å². The predicted molar refractivity (Wildman–Crippen MR) is 91.8 cm³/mol. The molecule has 2 atom stereocenters. The fourth-order valence-corrected chi connectivity index (χ4v) is 6.07. The van der Waals surface area contributed by atoms with Crippen LogP contribution in [0.15, 0.2) is 53.4 Å². The van der Waals surface area contributed by atoms with Gasteiger partial charge < -0.3 is 11.5 Å². The van der Waals surface area contributed by atoms with Crippen LogP contribution in [0.4, 0.5) is 4.39 Å². The Morgan fingerprint density at radius 1 is 1.08 bits per heavy atom. The van der Waals surface area contributed by atoms with Crippen molar-refractivity contribution in [1.29, 1.82) is 0 Å². The molecular weight excluding hydrogens is 327 g/mol. The Morgan fingerprint density at radius 3 is 2.25 bits per heavy atom. The highest BCUT2D eigenvalue weighted by Gasteiger charge is 2.69. The first-order chi connectivity index (χ1) is 11.4. The molecule has 2 aromatic rings. The van der Waals surface area contributed by atoms with Gasteiger partial charge in [0.05, 0.1) is 10.1 Å². The third-order valence-corrected chi connectivity index (χ3v) is 7.37.